The summed E-state index contributed by atoms with van der Waals surface area (Å²) >= 11 is 3.32. The van der Waals surface area contributed by atoms with E-state index in [0.29, 0.717) is 22.4 Å². The summed E-state index contributed by atoms with van der Waals surface area (Å²) in [5, 5.41) is 9.54. The molecule has 0 heterocycles. The Kier molecular flexibility index (Phi) is 6.79. The SMILES string of the molecule is COc1ccc(OC(=O)c2ccc(Br)cc2)c(/C=C(\C#N)C(=O)c2ccccc2)c1. The van der Waals surface area contributed by atoms with Crippen LogP contribution in [0, 0.1) is 11.3 Å². The number of esters is 1. The first-order valence-electron chi connectivity index (χ1n) is 8.89. The highest BCUT2D eigenvalue weighted by molar-refractivity contribution is 9.10. The van der Waals surface area contributed by atoms with Crippen molar-refractivity contribution in [1.82, 2.24) is 0 Å². The summed E-state index contributed by atoms with van der Waals surface area (Å²) in [4.78, 5) is 25.2. The lowest BCUT2D eigenvalue weighted by molar-refractivity contribution is 0.0734. The monoisotopic (exact) mass is 461 g/mol. The van der Waals surface area contributed by atoms with E-state index in [-0.39, 0.29) is 11.3 Å². The molecule has 0 N–H and O–H groups in total. The molecule has 0 aromatic heterocycles. The maximum absolute atomic E-state index is 12.7. The van der Waals surface area contributed by atoms with Crippen LogP contribution in [-0.2, 0) is 0 Å². The van der Waals surface area contributed by atoms with Crippen molar-refractivity contribution in [2.75, 3.05) is 7.11 Å². The Morgan fingerprint density at radius 1 is 0.967 bits per heavy atom. The molecule has 3 aromatic rings. The van der Waals surface area contributed by atoms with Crippen LogP contribution in [0.25, 0.3) is 6.08 Å². The molecule has 0 radical (unpaired) electrons. The molecule has 0 unspecified atom stereocenters. The number of hydrogen-bond donors (Lipinski definition) is 0. The third kappa shape index (κ3) is 5.02. The van der Waals surface area contributed by atoms with Crippen LogP contribution in [-0.4, -0.2) is 18.9 Å². The van der Waals surface area contributed by atoms with Crippen molar-refractivity contribution in [1.29, 1.82) is 5.26 Å². The summed E-state index contributed by atoms with van der Waals surface area (Å²) in [5.41, 5.74) is 1.04. The zero-order valence-corrected chi connectivity index (χ0v) is 17.5. The third-order valence-electron chi connectivity index (χ3n) is 4.20. The Bertz CT molecular complexity index is 1150. The van der Waals surface area contributed by atoms with Gasteiger partial charge in [-0.3, -0.25) is 4.79 Å². The van der Waals surface area contributed by atoms with Gasteiger partial charge in [-0.2, -0.15) is 5.26 Å². The molecule has 0 fully saturated rings. The molecule has 0 saturated heterocycles. The molecule has 30 heavy (non-hydrogen) atoms. The Labute approximate surface area is 182 Å². The second-order valence-corrected chi connectivity index (χ2v) is 7.08. The van der Waals surface area contributed by atoms with Crippen LogP contribution < -0.4 is 9.47 Å². The minimum absolute atomic E-state index is 0.0876. The molecular weight excluding hydrogens is 446 g/mol. The molecule has 5 nitrogen and oxygen atoms in total. The van der Waals surface area contributed by atoms with Gasteiger partial charge >= 0.3 is 5.97 Å². The molecule has 0 spiro atoms. The number of ketones is 1. The molecule has 3 aromatic carbocycles. The van der Waals surface area contributed by atoms with Crippen LogP contribution >= 0.6 is 15.9 Å². The lowest BCUT2D eigenvalue weighted by atomic mass is 10.0. The van der Waals surface area contributed by atoms with Crippen molar-refractivity contribution < 1.29 is 19.1 Å². The molecule has 0 bridgehead atoms. The molecule has 0 amide bonds. The lowest BCUT2D eigenvalue weighted by Crippen LogP contribution is -2.09. The Morgan fingerprint density at radius 2 is 1.67 bits per heavy atom. The highest BCUT2D eigenvalue weighted by Crippen LogP contribution is 2.28. The molecule has 3 rings (SSSR count). The van der Waals surface area contributed by atoms with Gasteiger partial charge in [-0.15, -0.1) is 0 Å². The zero-order valence-electron chi connectivity index (χ0n) is 16.0. The second kappa shape index (κ2) is 9.68. The van der Waals surface area contributed by atoms with Gasteiger partial charge in [-0.25, -0.2) is 4.79 Å². The maximum atomic E-state index is 12.7. The number of rotatable bonds is 6. The van der Waals surface area contributed by atoms with Crippen molar-refractivity contribution >= 4 is 33.8 Å². The van der Waals surface area contributed by atoms with Gasteiger partial charge in [0, 0.05) is 15.6 Å². The number of carbonyl (C=O) groups excluding carboxylic acids is 2. The smallest absolute Gasteiger partial charge is 0.343 e. The summed E-state index contributed by atoms with van der Waals surface area (Å²) in [5.74, 6) is -0.284. The van der Waals surface area contributed by atoms with E-state index in [1.807, 2.05) is 6.07 Å². The number of methoxy groups -OCH3 is 1. The van der Waals surface area contributed by atoms with Gasteiger partial charge in [0.2, 0.25) is 5.78 Å². The third-order valence-corrected chi connectivity index (χ3v) is 4.73. The van der Waals surface area contributed by atoms with Crippen molar-refractivity contribution in [3.8, 4) is 17.6 Å². The van der Waals surface area contributed by atoms with Crippen molar-refractivity contribution in [3.05, 3.63) is 99.5 Å². The average Bonchev–Trinajstić information content (AvgIpc) is 2.78. The molecule has 0 saturated carbocycles. The van der Waals surface area contributed by atoms with Gasteiger partial charge in [0.05, 0.1) is 12.7 Å². The first-order valence-corrected chi connectivity index (χ1v) is 9.68. The van der Waals surface area contributed by atoms with E-state index >= 15 is 0 Å². The second-order valence-electron chi connectivity index (χ2n) is 6.17. The van der Waals surface area contributed by atoms with Crippen LogP contribution in [0.2, 0.25) is 0 Å². The van der Waals surface area contributed by atoms with E-state index in [2.05, 4.69) is 15.9 Å². The fourth-order valence-electron chi connectivity index (χ4n) is 2.65. The number of Topliss-reactive ketones (excluding diaryl/α,β-unsaturated/α-hetero) is 1. The number of nitrogens with zero attached hydrogens (tertiary/aromatic N) is 1. The fourth-order valence-corrected chi connectivity index (χ4v) is 2.92. The first kappa shape index (κ1) is 21.0. The first-order chi connectivity index (χ1) is 14.5. The van der Waals surface area contributed by atoms with Crippen molar-refractivity contribution in [2.45, 2.75) is 0 Å². The van der Waals surface area contributed by atoms with Gasteiger partial charge in [0.25, 0.3) is 0 Å². The maximum Gasteiger partial charge on any atom is 0.343 e. The Hall–Kier alpha value is -3.69. The summed E-state index contributed by atoms with van der Waals surface area (Å²) in [6.45, 7) is 0. The molecule has 148 valence electrons. The highest BCUT2D eigenvalue weighted by atomic mass is 79.9. The summed E-state index contributed by atoms with van der Waals surface area (Å²) in [6, 6.07) is 21.9. The van der Waals surface area contributed by atoms with E-state index in [9.17, 15) is 14.9 Å². The number of halogens is 1. The van der Waals surface area contributed by atoms with Crippen LogP contribution in [0.4, 0.5) is 0 Å². The Morgan fingerprint density at radius 3 is 2.30 bits per heavy atom. The van der Waals surface area contributed by atoms with Gasteiger partial charge in [-0.1, -0.05) is 46.3 Å². The van der Waals surface area contributed by atoms with Gasteiger partial charge in [0.15, 0.2) is 0 Å². The molecule has 0 atom stereocenters. The van der Waals surface area contributed by atoms with Crippen LogP contribution in [0.5, 0.6) is 11.5 Å². The number of nitriles is 1. The van der Waals surface area contributed by atoms with Crippen molar-refractivity contribution in [3.63, 3.8) is 0 Å². The van der Waals surface area contributed by atoms with Gasteiger partial charge in [-0.05, 0) is 48.5 Å². The molecule has 0 aliphatic rings. The zero-order chi connectivity index (χ0) is 21.5. The standard InChI is InChI=1S/C24H16BrNO4/c1-29-21-11-12-22(30-24(28)17-7-9-20(25)10-8-17)18(14-21)13-19(15-26)23(27)16-5-3-2-4-6-16/h2-14H,1H3/b19-13+. The van der Waals surface area contributed by atoms with E-state index in [4.69, 9.17) is 9.47 Å². The van der Waals surface area contributed by atoms with E-state index in [1.54, 1.807) is 72.8 Å². The quantitative estimate of drug-likeness (QED) is 0.160. The molecule has 6 heteroatoms. The fraction of sp³-hybridized carbons (Fsp3) is 0.0417. The number of benzene rings is 3. The number of allylic oxidation sites excluding steroid dienone is 1. The number of hydrogen-bond acceptors (Lipinski definition) is 5. The Balaban J connectivity index is 1.97. The highest BCUT2D eigenvalue weighted by Gasteiger charge is 2.16. The topological polar surface area (TPSA) is 76.4 Å². The lowest BCUT2D eigenvalue weighted by Gasteiger charge is -2.10. The minimum atomic E-state index is -0.560. The van der Waals surface area contributed by atoms with E-state index < -0.39 is 11.8 Å². The molecule has 0 aliphatic carbocycles. The summed E-state index contributed by atoms with van der Waals surface area (Å²) < 4.78 is 11.6. The predicted octanol–water partition coefficient (Wildman–Crippen LogP) is 5.47. The van der Waals surface area contributed by atoms with Crippen LogP contribution in [0.3, 0.4) is 0 Å². The van der Waals surface area contributed by atoms with Crippen molar-refractivity contribution in [2.24, 2.45) is 0 Å². The van der Waals surface area contributed by atoms with E-state index in [1.165, 1.54) is 13.2 Å². The number of ether oxygens (including phenoxy) is 2. The van der Waals surface area contributed by atoms with Gasteiger partial charge < -0.3 is 9.47 Å². The van der Waals surface area contributed by atoms with Crippen LogP contribution in [0.1, 0.15) is 26.3 Å². The summed E-state index contributed by atoms with van der Waals surface area (Å²) in [6.07, 6.45) is 1.39. The molecular formula is C24H16BrNO4. The van der Waals surface area contributed by atoms with Crippen LogP contribution in [0.15, 0.2) is 82.8 Å². The predicted molar refractivity (Wildman–Crippen MR) is 116 cm³/mol. The normalized spacial score (nSPS) is 10.8. The van der Waals surface area contributed by atoms with E-state index in [0.717, 1.165) is 4.47 Å². The van der Waals surface area contributed by atoms with Gasteiger partial charge in [0.1, 0.15) is 23.1 Å². The minimum Gasteiger partial charge on any atom is -0.497 e. The largest absolute Gasteiger partial charge is 0.497 e. The average molecular weight is 462 g/mol. The molecule has 0 aliphatic heterocycles. The number of carbonyl (C=O) groups is 2. The summed E-state index contributed by atoms with van der Waals surface area (Å²) in [7, 11) is 1.50.